The second-order valence-corrected chi connectivity index (χ2v) is 7.13. The van der Waals surface area contributed by atoms with Gasteiger partial charge >= 0.3 is 0 Å². The fourth-order valence-electron chi connectivity index (χ4n) is 3.60. The lowest BCUT2D eigenvalue weighted by molar-refractivity contribution is 0.0296. The van der Waals surface area contributed by atoms with Gasteiger partial charge in [0.2, 0.25) is 0 Å². The average Bonchev–Trinajstić information content (AvgIpc) is 2.48. The van der Waals surface area contributed by atoms with Crippen LogP contribution in [-0.2, 0) is 11.2 Å². The Bertz CT molecular complexity index is 456. The second kappa shape index (κ2) is 6.07. The zero-order valence-corrected chi connectivity index (χ0v) is 13.9. The molecule has 1 aromatic rings. The van der Waals surface area contributed by atoms with E-state index in [1.807, 2.05) is 0 Å². The van der Waals surface area contributed by atoms with E-state index in [0.717, 1.165) is 31.0 Å². The van der Waals surface area contributed by atoms with Gasteiger partial charge in [0.1, 0.15) is 0 Å². The van der Waals surface area contributed by atoms with Crippen LogP contribution in [0.25, 0.3) is 0 Å². The molecule has 1 unspecified atom stereocenters. The fraction of sp³-hybridized carbons (Fsp3) is 0.647. The van der Waals surface area contributed by atoms with Crippen molar-refractivity contribution in [1.29, 1.82) is 0 Å². The first-order chi connectivity index (χ1) is 9.72. The molecule has 0 amide bonds. The molecule has 0 radical (unpaired) electrons. The van der Waals surface area contributed by atoms with Crippen LogP contribution in [0.15, 0.2) is 24.3 Å². The van der Waals surface area contributed by atoms with Crippen molar-refractivity contribution in [2.24, 2.45) is 11.3 Å². The number of hydrogen-bond donors (Lipinski definition) is 0. The summed E-state index contributed by atoms with van der Waals surface area (Å²) in [6.45, 7) is 6.54. The number of para-hydroxylation sites is 1. The van der Waals surface area contributed by atoms with Gasteiger partial charge in [0.25, 0.3) is 0 Å². The molecule has 3 rings (SSSR count). The number of ether oxygens (including phenoxy) is 1. The highest BCUT2D eigenvalue weighted by molar-refractivity contribution is 9.09. The summed E-state index contributed by atoms with van der Waals surface area (Å²) in [5.41, 5.74) is 3.35. The van der Waals surface area contributed by atoms with Crippen molar-refractivity contribution < 1.29 is 4.74 Å². The molecule has 110 valence electrons. The molecule has 2 aliphatic heterocycles. The van der Waals surface area contributed by atoms with Crippen molar-refractivity contribution >= 4 is 21.6 Å². The third-order valence-corrected chi connectivity index (χ3v) is 5.99. The summed E-state index contributed by atoms with van der Waals surface area (Å²) in [5, 5.41) is 1.08. The molecule has 0 bridgehead atoms. The second-order valence-electron chi connectivity index (χ2n) is 6.56. The van der Waals surface area contributed by atoms with Gasteiger partial charge in [-0.1, -0.05) is 41.1 Å². The standard InChI is InChI=1S/C17H24BrNO/c1-14-10-15-4-2-3-5-16(15)19(11-14)13-17(12-18)6-8-20-9-7-17/h2-5,14H,6-13H2,1H3. The number of nitrogens with zero attached hydrogens (tertiary/aromatic N) is 1. The Morgan fingerprint density at radius 2 is 2.05 bits per heavy atom. The van der Waals surface area contributed by atoms with Gasteiger partial charge in [0.15, 0.2) is 0 Å². The van der Waals surface area contributed by atoms with Gasteiger partial charge < -0.3 is 9.64 Å². The van der Waals surface area contributed by atoms with Crippen LogP contribution in [0.1, 0.15) is 25.3 Å². The molecular weight excluding hydrogens is 314 g/mol. The maximum Gasteiger partial charge on any atom is 0.0472 e. The third-order valence-electron chi connectivity index (χ3n) is 4.80. The predicted molar refractivity (Wildman–Crippen MR) is 87.8 cm³/mol. The molecule has 2 nitrogen and oxygen atoms in total. The normalized spacial score (nSPS) is 25.3. The zero-order chi connectivity index (χ0) is 14.0. The minimum atomic E-state index is 0.377. The lowest BCUT2D eigenvalue weighted by Crippen LogP contribution is -2.46. The van der Waals surface area contributed by atoms with E-state index in [0.29, 0.717) is 5.41 Å². The number of alkyl halides is 1. The smallest absolute Gasteiger partial charge is 0.0472 e. The molecule has 0 saturated carbocycles. The Morgan fingerprint density at radius 3 is 2.80 bits per heavy atom. The maximum atomic E-state index is 5.57. The van der Waals surface area contributed by atoms with Gasteiger partial charge in [-0.25, -0.2) is 0 Å². The number of rotatable bonds is 3. The van der Waals surface area contributed by atoms with E-state index < -0.39 is 0 Å². The first kappa shape index (κ1) is 14.4. The number of halogens is 1. The molecule has 0 N–H and O–H groups in total. The fourth-order valence-corrected chi connectivity index (χ4v) is 4.34. The summed E-state index contributed by atoms with van der Waals surface area (Å²) in [5.74, 6) is 0.747. The molecule has 0 aliphatic carbocycles. The van der Waals surface area contributed by atoms with E-state index in [1.165, 1.54) is 37.1 Å². The van der Waals surface area contributed by atoms with Gasteiger partial charge in [-0.3, -0.25) is 0 Å². The lowest BCUT2D eigenvalue weighted by Gasteiger charge is -2.44. The molecule has 0 spiro atoms. The average molecular weight is 338 g/mol. The predicted octanol–water partition coefficient (Wildman–Crippen LogP) is 3.88. The van der Waals surface area contributed by atoms with Gasteiger partial charge in [-0.15, -0.1) is 0 Å². The van der Waals surface area contributed by atoms with Gasteiger partial charge in [0, 0.05) is 42.7 Å². The lowest BCUT2D eigenvalue weighted by atomic mass is 9.80. The Hall–Kier alpha value is -0.540. The van der Waals surface area contributed by atoms with Crippen molar-refractivity contribution in [3.63, 3.8) is 0 Å². The highest BCUT2D eigenvalue weighted by Crippen LogP contribution is 2.37. The summed E-state index contributed by atoms with van der Waals surface area (Å²) < 4.78 is 5.57. The Kier molecular flexibility index (Phi) is 4.37. The number of fused-ring (bicyclic) bond motifs is 1. The number of benzene rings is 1. The first-order valence-corrected chi connectivity index (χ1v) is 8.81. The van der Waals surface area contributed by atoms with Gasteiger partial charge in [0.05, 0.1) is 0 Å². The third kappa shape index (κ3) is 2.89. The van der Waals surface area contributed by atoms with Crippen LogP contribution in [0.2, 0.25) is 0 Å². The molecular formula is C17H24BrNO. The molecule has 1 aromatic carbocycles. The number of anilines is 1. The van der Waals surface area contributed by atoms with Crippen LogP contribution in [0, 0.1) is 11.3 Å². The van der Waals surface area contributed by atoms with E-state index in [-0.39, 0.29) is 0 Å². The molecule has 2 heterocycles. The van der Waals surface area contributed by atoms with E-state index in [1.54, 1.807) is 0 Å². The summed E-state index contributed by atoms with van der Waals surface area (Å²) >= 11 is 3.77. The van der Waals surface area contributed by atoms with Crippen LogP contribution in [0.5, 0.6) is 0 Å². The van der Waals surface area contributed by atoms with Crippen LogP contribution >= 0.6 is 15.9 Å². The summed E-state index contributed by atoms with van der Waals surface area (Å²) in [6, 6.07) is 8.93. The highest BCUT2D eigenvalue weighted by Gasteiger charge is 2.35. The SMILES string of the molecule is CC1Cc2ccccc2N(CC2(CBr)CCOCC2)C1. The Balaban J connectivity index is 1.83. The van der Waals surface area contributed by atoms with Crippen molar-refractivity contribution in [2.45, 2.75) is 26.2 Å². The van der Waals surface area contributed by atoms with Crippen LogP contribution < -0.4 is 4.90 Å². The Labute approximate surface area is 130 Å². The van der Waals surface area contributed by atoms with Gasteiger partial charge in [-0.2, -0.15) is 0 Å². The summed E-state index contributed by atoms with van der Waals surface area (Å²) in [6.07, 6.45) is 3.56. The minimum Gasteiger partial charge on any atom is -0.381 e. The molecule has 20 heavy (non-hydrogen) atoms. The summed E-state index contributed by atoms with van der Waals surface area (Å²) in [4.78, 5) is 2.62. The number of hydrogen-bond acceptors (Lipinski definition) is 2. The van der Waals surface area contributed by atoms with Crippen LogP contribution in [-0.4, -0.2) is 31.6 Å². The van der Waals surface area contributed by atoms with Gasteiger partial charge in [-0.05, 0) is 36.8 Å². The van der Waals surface area contributed by atoms with Crippen LogP contribution in [0.4, 0.5) is 5.69 Å². The van der Waals surface area contributed by atoms with E-state index >= 15 is 0 Å². The highest BCUT2D eigenvalue weighted by atomic mass is 79.9. The Morgan fingerprint density at radius 1 is 1.30 bits per heavy atom. The van der Waals surface area contributed by atoms with E-state index in [4.69, 9.17) is 4.74 Å². The van der Waals surface area contributed by atoms with Crippen LogP contribution in [0.3, 0.4) is 0 Å². The van der Waals surface area contributed by atoms with Crippen molar-refractivity contribution in [3.05, 3.63) is 29.8 Å². The van der Waals surface area contributed by atoms with Crippen molar-refractivity contribution in [3.8, 4) is 0 Å². The largest absolute Gasteiger partial charge is 0.381 e. The van der Waals surface area contributed by atoms with Crippen molar-refractivity contribution in [2.75, 3.05) is 36.5 Å². The maximum absolute atomic E-state index is 5.57. The molecule has 1 saturated heterocycles. The first-order valence-electron chi connectivity index (χ1n) is 7.69. The monoisotopic (exact) mass is 337 g/mol. The molecule has 1 fully saturated rings. The minimum absolute atomic E-state index is 0.377. The van der Waals surface area contributed by atoms with E-state index in [2.05, 4.69) is 52.0 Å². The van der Waals surface area contributed by atoms with Crippen molar-refractivity contribution in [1.82, 2.24) is 0 Å². The molecule has 0 aromatic heterocycles. The summed E-state index contributed by atoms with van der Waals surface area (Å²) in [7, 11) is 0. The molecule has 1 atom stereocenters. The molecule has 2 aliphatic rings. The molecule has 3 heteroatoms. The topological polar surface area (TPSA) is 12.5 Å². The van der Waals surface area contributed by atoms with E-state index in [9.17, 15) is 0 Å². The zero-order valence-electron chi connectivity index (χ0n) is 12.3. The quantitative estimate of drug-likeness (QED) is 0.776.